The first kappa shape index (κ1) is 15.9. The molecule has 21 heavy (non-hydrogen) atoms. The number of halogens is 1. The Bertz CT molecular complexity index is 589. The summed E-state index contributed by atoms with van der Waals surface area (Å²) < 4.78 is 11.1. The molecule has 1 N–H and O–H groups in total. The van der Waals surface area contributed by atoms with E-state index in [4.69, 9.17) is 20.9 Å². The predicted octanol–water partition coefficient (Wildman–Crippen LogP) is 4.02. The number of rotatable bonds is 6. The summed E-state index contributed by atoms with van der Waals surface area (Å²) in [5, 5.41) is 8.01. The number of nitrogens with zero attached hydrogens (tertiary/aromatic N) is 1. The summed E-state index contributed by atoms with van der Waals surface area (Å²) in [6.45, 7) is 9.10. The van der Waals surface area contributed by atoms with Crippen LogP contribution in [-0.4, -0.2) is 11.2 Å². The largest absolute Gasteiger partial charge is 0.488 e. The number of benzene rings is 1. The lowest BCUT2D eigenvalue weighted by Crippen LogP contribution is -2.22. The van der Waals surface area contributed by atoms with Crippen molar-refractivity contribution in [1.82, 2.24) is 10.5 Å². The van der Waals surface area contributed by atoms with Gasteiger partial charge in [0.2, 0.25) is 0 Å². The molecule has 5 heteroatoms. The molecular formula is C16H21ClN2O2. The highest BCUT2D eigenvalue weighted by atomic mass is 35.5. The molecule has 0 unspecified atom stereocenters. The Labute approximate surface area is 130 Å². The molecule has 0 aliphatic heterocycles. The molecule has 1 heterocycles. The van der Waals surface area contributed by atoms with Gasteiger partial charge in [-0.2, -0.15) is 0 Å². The molecule has 0 radical (unpaired) electrons. The molecule has 0 aliphatic carbocycles. The molecule has 0 spiro atoms. The van der Waals surface area contributed by atoms with Gasteiger partial charge in [-0.05, 0) is 26.0 Å². The standard InChI is InChI=1S/C16H21ClN2O2/c1-10(2)18-8-13-15(17)6-5-7-16(13)20-9-14-11(3)19-21-12(14)4/h5-7,10,18H,8-9H2,1-4H3. The minimum atomic E-state index is 0.386. The highest BCUT2D eigenvalue weighted by molar-refractivity contribution is 6.31. The van der Waals surface area contributed by atoms with Gasteiger partial charge in [-0.25, -0.2) is 0 Å². The van der Waals surface area contributed by atoms with Crippen molar-refractivity contribution in [3.63, 3.8) is 0 Å². The smallest absolute Gasteiger partial charge is 0.140 e. The second kappa shape index (κ2) is 6.96. The van der Waals surface area contributed by atoms with Crippen molar-refractivity contribution in [2.75, 3.05) is 0 Å². The summed E-state index contributed by atoms with van der Waals surface area (Å²) in [6.07, 6.45) is 0. The summed E-state index contributed by atoms with van der Waals surface area (Å²) in [6, 6.07) is 6.09. The fourth-order valence-electron chi connectivity index (χ4n) is 2.01. The van der Waals surface area contributed by atoms with E-state index < -0.39 is 0 Å². The fraction of sp³-hybridized carbons (Fsp3) is 0.438. The Morgan fingerprint density at radius 3 is 2.67 bits per heavy atom. The normalized spacial score (nSPS) is 11.1. The van der Waals surface area contributed by atoms with Crippen LogP contribution in [0.15, 0.2) is 22.7 Å². The van der Waals surface area contributed by atoms with E-state index >= 15 is 0 Å². The molecule has 0 atom stereocenters. The van der Waals surface area contributed by atoms with Crippen molar-refractivity contribution in [1.29, 1.82) is 0 Å². The van der Waals surface area contributed by atoms with Crippen molar-refractivity contribution in [2.24, 2.45) is 0 Å². The first-order valence-electron chi connectivity index (χ1n) is 7.04. The van der Waals surface area contributed by atoms with E-state index in [1.165, 1.54) is 0 Å². The van der Waals surface area contributed by atoms with Crippen LogP contribution >= 0.6 is 11.6 Å². The number of hydrogen-bond acceptors (Lipinski definition) is 4. The first-order chi connectivity index (χ1) is 9.99. The van der Waals surface area contributed by atoms with Crippen molar-refractivity contribution in [3.05, 3.63) is 45.8 Å². The third-order valence-electron chi connectivity index (χ3n) is 3.32. The van der Waals surface area contributed by atoms with Crippen molar-refractivity contribution >= 4 is 11.6 Å². The van der Waals surface area contributed by atoms with Crippen LogP contribution in [0.3, 0.4) is 0 Å². The summed E-state index contributed by atoms with van der Waals surface area (Å²) in [5.74, 6) is 1.58. The van der Waals surface area contributed by atoms with E-state index in [0.717, 1.165) is 28.3 Å². The summed E-state index contributed by atoms with van der Waals surface area (Å²) in [4.78, 5) is 0. The second-order valence-corrected chi connectivity index (χ2v) is 5.75. The van der Waals surface area contributed by atoms with Gasteiger partial charge < -0.3 is 14.6 Å². The molecule has 0 saturated carbocycles. The molecule has 114 valence electrons. The maximum Gasteiger partial charge on any atom is 0.140 e. The van der Waals surface area contributed by atoms with Crippen LogP contribution in [0.2, 0.25) is 5.02 Å². The number of aromatic nitrogens is 1. The van der Waals surface area contributed by atoms with E-state index in [2.05, 4.69) is 24.3 Å². The summed E-state index contributed by atoms with van der Waals surface area (Å²) in [7, 11) is 0. The molecule has 4 nitrogen and oxygen atoms in total. The molecule has 0 bridgehead atoms. The van der Waals surface area contributed by atoms with Gasteiger partial charge in [-0.1, -0.05) is 36.7 Å². The van der Waals surface area contributed by atoms with E-state index in [9.17, 15) is 0 Å². The van der Waals surface area contributed by atoms with Crippen LogP contribution in [-0.2, 0) is 13.2 Å². The van der Waals surface area contributed by atoms with Crippen molar-refractivity contribution in [3.8, 4) is 5.75 Å². The van der Waals surface area contributed by atoms with Crippen LogP contribution in [0.5, 0.6) is 5.75 Å². The molecule has 1 aromatic heterocycles. The maximum atomic E-state index is 6.29. The second-order valence-electron chi connectivity index (χ2n) is 5.34. The van der Waals surface area contributed by atoms with Gasteiger partial charge in [-0.15, -0.1) is 0 Å². The Kier molecular flexibility index (Phi) is 5.26. The van der Waals surface area contributed by atoms with Crippen LogP contribution in [0.4, 0.5) is 0 Å². The lowest BCUT2D eigenvalue weighted by atomic mass is 10.2. The van der Waals surface area contributed by atoms with E-state index in [-0.39, 0.29) is 0 Å². The van der Waals surface area contributed by atoms with Crippen LogP contribution in [0.1, 0.15) is 36.4 Å². The van der Waals surface area contributed by atoms with Gasteiger partial charge in [0.1, 0.15) is 18.1 Å². The topological polar surface area (TPSA) is 47.3 Å². The minimum Gasteiger partial charge on any atom is -0.488 e. The fourth-order valence-corrected chi connectivity index (χ4v) is 2.24. The molecule has 2 aromatic rings. The third-order valence-corrected chi connectivity index (χ3v) is 3.67. The van der Waals surface area contributed by atoms with E-state index in [1.807, 2.05) is 32.0 Å². The van der Waals surface area contributed by atoms with Gasteiger partial charge in [0, 0.05) is 23.2 Å². The molecule has 0 amide bonds. The van der Waals surface area contributed by atoms with E-state index in [0.29, 0.717) is 24.2 Å². The lowest BCUT2D eigenvalue weighted by Gasteiger charge is -2.15. The molecule has 0 saturated heterocycles. The lowest BCUT2D eigenvalue weighted by molar-refractivity contribution is 0.297. The number of nitrogens with one attached hydrogen (secondary N) is 1. The molecular weight excluding hydrogens is 288 g/mol. The zero-order chi connectivity index (χ0) is 15.4. The van der Waals surface area contributed by atoms with Crippen LogP contribution in [0.25, 0.3) is 0 Å². The van der Waals surface area contributed by atoms with E-state index in [1.54, 1.807) is 0 Å². The Morgan fingerprint density at radius 2 is 2.05 bits per heavy atom. The average Bonchev–Trinajstić information content (AvgIpc) is 2.74. The number of aryl methyl sites for hydroxylation is 2. The molecule has 0 fully saturated rings. The first-order valence-corrected chi connectivity index (χ1v) is 7.42. The SMILES string of the molecule is Cc1noc(C)c1COc1cccc(Cl)c1CNC(C)C. The summed E-state index contributed by atoms with van der Waals surface area (Å²) >= 11 is 6.29. The van der Waals surface area contributed by atoms with Crippen molar-refractivity contribution in [2.45, 2.75) is 46.9 Å². The van der Waals surface area contributed by atoms with Gasteiger partial charge in [0.05, 0.1) is 11.3 Å². The number of ether oxygens (including phenoxy) is 1. The molecule has 2 rings (SSSR count). The molecule has 0 aliphatic rings. The van der Waals surface area contributed by atoms with Crippen LogP contribution < -0.4 is 10.1 Å². The predicted molar refractivity (Wildman–Crippen MR) is 83.7 cm³/mol. The Balaban J connectivity index is 2.14. The Morgan fingerprint density at radius 1 is 1.29 bits per heavy atom. The summed E-state index contributed by atoms with van der Waals surface area (Å²) in [5.41, 5.74) is 2.81. The third kappa shape index (κ3) is 3.99. The molecule has 1 aromatic carbocycles. The van der Waals surface area contributed by atoms with Gasteiger partial charge in [0.15, 0.2) is 0 Å². The number of hydrogen-bond donors (Lipinski definition) is 1. The van der Waals surface area contributed by atoms with Crippen molar-refractivity contribution < 1.29 is 9.26 Å². The zero-order valence-corrected chi connectivity index (χ0v) is 13.6. The quantitative estimate of drug-likeness (QED) is 0.875. The van der Waals surface area contributed by atoms with Gasteiger partial charge in [0.25, 0.3) is 0 Å². The highest BCUT2D eigenvalue weighted by Crippen LogP contribution is 2.27. The average molecular weight is 309 g/mol. The zero-order valence-electron chi connectivity index (χ0n) is 12.9. The monoisotopic (exact) mass is 308 g/mol. The highest BCUT2D eigenvalue weighted by Gasteiger charge is 2.13. The van der Waals surface area contributed by atoms with Crippen LogP contribution in [0, 0.1) is 13.8 Å². The minimum absolute atomic E-state index is 0.386. The maximum absolute atomic E-state index is 6.29. The Hall–Kier alpha value is -1.52. The van der Waals surface area contributed by atoms with Gasteiger partial charge in [-0.3, -0.25) is 0 Å². The van der Waals surface area contributed by atoms with Gasteiger partial charge >= 0.3 is 0 Å².